The molecule has 4 rings (SSSR count). The Balaban J connectivity index is 0.000000176. The van der Waals surface area contributed by atoms with Crippen molar-refractivity contribution in [3.05, 3.63) is 124 Å². The van der Waals surface area contributed by atoms with Gasteiger partial charge in [-0.2, -0.15) is 0 Å². The van der Waals surface area contributed by atoms with Gasteiger partial charge in [-0.05, 0) is 24.6 Å². The number of aromatic nitrogens is 2. The summed E-state index contributed by atoms with van der Waals surface area (Å²) in [7, 11) is 0. The highest BCUT2D eigenvalue weighted by atomic mass is 35.5. The van der Waals surface area contributed by atoms with Crippen molar-refractivity contribution >= 4 is 40.8 Å². The maximum atomic E-state index is 6.06. The molecule has 0 amide bonds. The zero-order valence-electron chi connectivity index (χ0n) is 17.8. The lowest BCUT2D eigenvalue weighted by Gasteiger charge is -2.14. The molecule has 2 nitrogen and oxygen atoms in total. The summed E-state index contributed by atoms with van der Waals surface area (Å²) in [6.45, 7) is 8.48. The van der Waals surface area contributed by atoms with Gasteiger partial charge in [-0.1, -0.05) is 108 Å². The lowest BCUT2D eigenvalue weighted by molar-refractivity contribution is 1.02. The van der Waals surface area contributed by atoms with Crippen LogP contribution in [0, 0.1) is 6.92 Å². The molecule has 1 aromatic heterocycles. The van der Waals surface area contributed by atoms with E-state index in [2.05, 4.69) is 72.0 Å². The van der Waals surface area contributed by atoms with E-state index in [4.69, 9.17) is 23.2 Å². The molecule has 156 valence electrons. The summed E-state index contributed by atoms with van der Waals surface area (Å²) < 4.78 is 0. The molecular weight excluding hydrogens is 422 g/mol. The third kappa shape index (κ3) is 6.62. The molecule has 5 heteroatoms. The van der Waals surface area contributed by atoms with Gasteiger partial charge in [-0.15, -0.1) is 12.1 Å². The third-order valence-electron chi connectivity index (χ3n) is 4.89. The number of benzene rings is 3. The van der Waals surface area contributed by atoms with Crippen LogP contribution >= 0.6 is 23.2 Å². The Kier molecular flexibility index (Phi) is 8.16. The number of halogens is 2. The van der Waals surface area contributed by atoms with Crippen LogP contribution in [0.15, 0.2) is 97.1 Å². The number of hydrogen-bond acceptors (Lipinski definition) is 1. The van der Waals surface area contributed by atoms with Gasteiger partial charge < -0.3 is 4.98 Å². The summed E-state index contributed by atoms with van der Waals surface area (Å²) in [5.41, 5.74) is 5.87. The standard InChI is InChI=1S/C15H15B.C11H10Cl2N2/c1-13(2)16(14-9-5-3-6-10-14)15-11-7-4-8-12-15;1-7-6-14-11(15-7)4-8-2-3-9(12)5-10(8)13/h3-12H,1H2,2H3;2-3,5-6H,4H2,1H3,(H,14,15). The summed E-state index contributed by atoms with van der Waals surface area (Å²) in [6, 6.07) is 26.5. The molecule has 0 spiro atoms. The molecule has 1 heterocycles. The molecule has 0 saturated carbocycles. The first-order valence-electron chi connectivity index (χ1n) is 10.1. The van der Waals surface area contributed by atoms with Crippen LogP contribution in [0.4, 0.5) is 0 Å². The van der Waals surface area contributed by atoms with Crippen LogP contribution in [0.5, 0.6) is 0 Å². The quantitative estimate of drug-likeness (QED) is 0.372. The van der Waals surface area contributed by atoms with Crippen LogP contribution in [-0.2, 0) is 6.42 Å². The van der Waals surface area contributed by atoms with Gasteiger partial charge in [-0.25, -0.2) is 4.98 Å². The van der Waals surface area contributed by atoms with Gasteiger partial charge in [0.25, 0.3) is 0 Å². The summed E-state index contributed by atoms with van der Waals surface area (Å²) in [4.78, 5) is 7.39. The SMILES string of the molecule is C=C(C)B(c1ccccc1)c1ccccc1.Cc1cnc(Cc2ccc(Cl)cc2Cl)[nH]1. The summed E-state index contributed by atoms with van der Waals surface area (Å²) in [5, 5.41) is 1.33. The predicted molar refractivity (Wildman–Crippen MR) is 135 cm³/mol. The van der Waals surface area contributed by atoms with Crippen molar-refractivity contribution in [2.45, 2.75) is 20.3 Å². The minimum atomic E-state index is 0.308. The minimum Gasteiger partial charge on any atom is -0.346 e. The molecular formula is C26H25BCl2N2. The second-order valence-electron chi connectivity index (χ2n) is 7.53. The largest absolute Gasteiger partial charge is 0.346 e. The van der Waals surface area contributed by atoms with Crippen molar-refractivity contribution < 1.29 is 0 Å². The van der Waals surface area contributed by atoms with Gasteiger partial charge >= 0.3 is 0 Å². The number of imidazole rings is 1. The number of rotatable bonds is 5. The number of nitrogens with zero attached hydrogens (tertiary/aromatic N) is 1. The smallest absolute Gasteiger partial charge is 0.236 e. The number of hydrogen-bond donors (Lipinski definition) is 1. The zero-order valence-corrected chi connectivity index (χ0v) is 19.3. The molecule has 0 aliphatic rings. The van der Waals surface area contributed by atoms with Crippen LogP contribution < -0.4 is 10.9 Å². The van der Waals surface area contributed by atoms with E-state index < -0.39 is 0 Å². The van der Waals surface area contributed by atoms with Crippen molar-refractivity contribution in [2.75, 3.05) is 0 Å². The maximum Gasteiger partial charge on any atom is 0.236 e. The third-order valence-corrected chi connectivity index (χ3v) is 5.47. The number of nitrogens with one attached hydrogen (secondary N) is 1. The van der Waals surface area contributed by atoms with Crippen molar-refractivity contribution in [1.29, 1.82) is 0 Å². The Morgan fingerprint density at radius 1 is 0.935 bits per heavy atom. The molecule has 4 aromatic rings. The van der Waals surface area contributed by atoms with Crippen LogP contribution in [0.2, 0.25) is 10.0 Å². The Hall–Kier alpha value is -2.75. The number of H-pyrrole nitrogens is 1. The van der Waals surface area contributed by atoms with E-state index in [0.29, 0.717) is 23.2 Å². The van der Waals surface area contributed by atoms with E-state index in [1.807, 2.05) is 31.2 Å². The average molecular weight is 447 g/mol. The second kappa shape index (κ2) is 11.0. The van der Waals surface area contributed by atoms with Gasteiger partial charge in [0.15, 0.2) is 0 Å². The van der Waals surface area contributed by atoms with Crippen molar-refractivity contribution in [3.63, 3.8) is 0 Å². The molecule has 0 atom stereocenters. The highest BCUT2D eigenvalue weighted by molar-refractivity contribution is 6.90. The fourth-order valence-corrected chi connectivity index (χ4v) is 3.93. The van der Waals surface area contributed by atoms with Crippen LogP contribution in [0.3, 0.4) is 0 Å². The molecule has 0 aliphatic carbocycles. The van der Waals surface area contributed by atoms with Crippen molar-refractivity contribution in [2.24, 2.45) is 0 Å². The molecule has 0 bridgehead atoms. The van der Waals surface area contributed by atoms with Gasteiger partial charge in [0.1, 0.15) is 5.82 Å². The first kappa shape index (κ1) is 22.9. The van der Waals surface area contributed by atoms with Crippen LogP contribution in [0.1, 0.15) is 24.0 Å². The molecule has 0 radical (unpaired) electrons. The summed E-state index contributed by atoms with van der Waals surface area (Å²) >= 11 is 11.9. The van der Waals surface area contributed by atoms with E-state index in [1.165, 1.54) is 16.4 Å². The van der Waals surface area contributed by atoms with Gasteiger partial charge in [0, 0.05) is 28.4 Å². The fourth-order valence-electron chi connectivity index (χ4n) is 3.45. The summed E-state index contributed by atoms with van der Waals surface area (Å²) in [5.74, 6) is 0.914. The lowest BCUT2D eigenvalue weighted by Crippen LogP contribution is -2.43. The topological polar surface area (TPSA) is 28.7 Å². The monoisotopic (exact) mass is 446 g/mol. The molecule has 0 fully saturated rings. The van der Waals surface area contributed by atoms with E-state index >= 15 is 0 Å². The number of aromatic amines is 1. The van der Waals surface area contributed by atoms with Gasteiger partial charge in [0.05, 0.1) is 0 Å². The van der Waals surface area contributed by atoms with Crippen molar-refractivity contribution in [3.8, 4) is 0 Å². The van der Waals surface area contributed by atoms with E-state index in [-0.39, 0.29) is 0 Å². The second-order valence-corrected chi connectivity index (χ2v) is 8.37. The molecule has 0 saturated heterocycles. The number of allylic oxidation sites excluding steroid dienone is 1. The lowest BCUT2D eigenvalue weighted by atomic mass is 9.37. The molecule has 3 aromatic carbocycles. The molecule has 0 unspecified atom stereocenters. The molecule has 31 heavy (non-hydrogen) atoms. The highest BCUT2D eigenvalue weighted by Crippen LogP contribution is 2.22. The van der Waals surface area contributed by atoms with Crippen LogP contribution in [0.25, 0.3) is 0 Å². The predicted octanol–water partition coefficient (Wildman–Crippen LogP) is 6.03. The normalized spacial score (nSPS) is 10.2. The Bertz CT molecular complexity index is 1090. The van der Waals surface area contributed by atoms with Crippen LogP contribution in [-0.4, -0.2) is 16.7 Å². The van der Waals surface area contributed by atoms with E-state index in [9.17, 15) is 0 Å². The first-order valence-corrected chi connectivity index (χ1v) is 10.9. The van der Waals surface area contributed by atoms with Crippen molar-refractivity contribution in [1.82, 2.24) is 9.97 Å². The minimum absolute atomic E-state index is 0.308. The maximum absolute atomic E-state index is 6.06. The zero-order chi connectivity index (χ0) is 22.2. The Labute approximate surface area is 195 Å². The Morgan fingerprint density at radius 2 is 1.52 bits per heavy atom. The Morgan fingerprint density at radius 3 is 1.97 bits per heavy atom. The highest BCUT2D eigenvalue weighted by Gasteiger charge is 2.18. The summed E-state index contributed by atoms with van der Waals surface area (Å²) in [6.07, 6.45) is 2.50. The first-order chi connectivity index (χ1) is 14.9. The number of aryl methyl sites for hydroxylation is 1. The molecule has 1 N–H and O–H groups in total. The van der Waals surface area contributed by atoms with Gasteiger partial charge in [0.2, 0.25) is 6.71 Å². The fraction of sp³-hybridized carbons (Fsp3) is 0.115. The van der Waals surface area contributed by atoms with E-state index in [0.717, 1.165) is 17.1 Å². The average Bonchev–Trinajstić information content (AvgIpc) is 3.17. The van der Waals surface area contributed by atoms with E-state index in [1.54, 1.807) is 12.3 Å². The molecule has 0 aliphatic heterocycles. The van der Waals surface area contributed by atoms with Gasteiger partial charge in [-0.3, -0.25) is 0 Å².